The zero-order valence-corrected chi connectivity index (χ0v) is 11.5. The third-order valence-corrected chi connectivity index (χ3v) is 4.18. The minimum Gasteiger partial charge on any atom is -0.480 e. The summed E-state index contributed by atoms with van der Waals surface area (Å²) < 4.78 is 0. The van der Waals surface area contributed by atoms with Crippen LogP contribution in [0.5, 0.6) is 0 Å². The van der Waals surface area contributed by atoms with E-state index in [1.165, 1.54) is 0 Å². The number of carbonyl (C=O) groups is 2. The molecule has 4 nitrogen and oxygen atoms in total. The number of rotatable bonds is 5. The Kier molecular flexibility index (Phi) is 4.90. The van der Waals surface area contributed by atoms with Crippen molar-refractivity contribution in [3.8, 4) is 0 Å². The zero-order chi connectivity index (χ0) is 14.5. The van der Waals surface area contributed by atoms with E-state index >= 15 is 0 Å². The lowest BCUT2D eigenvalue weighted by Gasteiger charge is -2.31. The molecule has 1 aromatic rings. The molecule has 2 rings (SSSR count). The number of hydrogen-bond donors (Lipinski definition) is 2. The number of hydrogen-bond acceptors (Lipinski definition) is 3. The summed E-state index contributed by atoms with van der Waals surface area (Å²) in [5, 5.41) is 9.21. The smallest absolute Gasteiger partial charge is 0.320 e. The molecule has 0 spiro atoms. The number of ketones is 1. The molecule has 0 aromatic heterocycles. The summed E-state index contributed by atoms with van der Waals surface area (Å²) in [5.74, 6) is -1.38. The number of nitrogens with two attached hydrogens (primary N) is 1. The van der Waals surface area contributed by atoms with Crippen LogP contribution in [0, 0.1) is 11.8 Å². The summed E-state index contributed by atoms with van der Waals surface area (Å²) in [4.78, 5) is 23.3. The van der Waals surface area contributed by atoms with Crippen LogP contribution in [0.25, 0.3) is 0 Å². The maximum atomic E-state index is 12.1. The van der Waals surface area contributed by atoms with Gasteiger partial charge in [-0.05, 0) is 30.7 Å². The van der Waals surface area contributed by atoms with E-state index in [1.807, 2.05) is 30.3 Å². The van der Waals surface area contributed by atoms with E-state index < -0.39 is 12.0 Å². The molecule has 0 aliphatic heterocycles. The minimum absolute atomic E-state index is 0.175. The van der Waals surface area contributed by atoms with Crippen molar-refractivity contribution in [2.75, 3.05) is 0 Å². The maximum absolute atomic E-state index is 12.1. The van der Waals surface area contributed by atoms with E-state index in [-0.39, 0.29) is 17.6 Å². The largest absolute Gasteiger partial charge is 0.480 e. The van der Waals surface area contributed by atoms with Crippen LogP contribution in [-0.2, 0) is 16.0 Å². The molecule has 1 aliphatic rings. The number of aliphatic carboxylic acids is 1. The number of carbonyl (C=O) groups excluding carboxylic acids is 1. The van der Waals surface area contributed by atoms with Gasteiger partial charge in [-0.2, -0.15) is 0 Å². The second-order valence-corrected chi connectivity index (χ2v) is 5.54. The minimum atomic E-state index is -1.02. The zero-order valence-electron chi connectivity index (χ0n) is 11.5. The normalized spacial score (nSPS) is 22.2. The van der Waals surface area contributed by atoms with Gasteiger partial charge in [-0.1, -0.05) is 36.8 Å². The molecule has 0 amide bonds. The van der Waals surface area contributed by atoms with Gasteiger partial charge in [0, 0.05) is 12.3 Å². The Morgan fingerprint density at radius 2 is 2.00 bits per heavy atom. The molecule has 3 N–H and O–H groups in total. The number of carboxylic acids is 1. The van der Waals surface area contributed by atoms with Crippen LogP contribution < -0.4 is 5.73 Å². The number of benzene rings is 1. The van der Waals surface area contributed by atoms with Crippen molar-refractivity contribution in [1.29, 1.82) is 0 Å². The van der Waals surface area contributed by atoms with Gasteiger partial charge in [0.1, 0.15) is 11.8 Å². The van der Waals surface area contributed by atoms with Gasteiger partial charge in [-0.15, -0.1) is 0 Å². The van der Waals surface area contributed by atoms with Gasteiger partial charge in [-0.3, -0.25) is 9.59 Å². The van der Waals surface area contributed by atoms with Crippen LogP contribution in [0.2, 0.25) is 0 Å². The fraction of sp³-hybridized carbons (Fsp3) is 0.500. The van der Waals surface area contributed by atoms with E-state index in [4.69, 9.17) is 5.73 Å². The van der Waals surface area contributed by atoms with Gasteiger partial charge < -0.3 is 10.8 Å². The summed E-state index contributed by atoms with van der Waals surface area (Å²) in [6.45, 7) is 0. The Morgan fingerprint density at radius 1 is 1.30 bits per heavy atom. The molecule has 0 saturated heterocycles. The monoisotopic (exact) mass is 275 g/mol. The highest BCUT2D eigenvalue weighted by atomic mass is 16.4. The molecule has 1 fully saturated rings. The van der Waals surface area contributed by atoms with Crippen molar-refractivity contribution in [1.82, 2.24) is 0 Å². The van der Waals surface area contributed by atoms with Crippen LogP contribution in [-0.4, -0.2) is 22.9 Å². The molecule has 1 saturated carbocycles. The topological polar surface area (TPSA) is 80.4 Å². The number of carboxylic acid groups (broad SMARTS) is 1. The predicted molar refractivity (Wildman–Crippen MR) is 76.2 cm³/mol. The lowest BCUT2D eigenvalue weighted by Crippen LogP contribution is -2.45. The lowest BCUT2D eigenvalue weighted by atomic mass is 9.73. The predicted octanol–water partition coefficient (Wildman–Crippen LogP) is 2.02. The van der Waals surface area contributed by atoms with Crippen molar-refractivity contribution in [2.24, 2.45) is 17.6 Å². The average molecular weight is 275 g/mol. The van der Waals surface area contributed by atoms with Crippen LogP contribution >= 0.6 is 0 Å². The van der Waals surface area contributed by atoms with Crippen molar-refractivity contribution < 1.29 is 14.7 Å². The fourth-order valence-electron chi connectivity index (χ4n) is 3.05. The Labute approximate surface area is 119 Å². The molecular formula is C16H21NO3. The molecule has 4 heteroatoms. The molecule has 0 radical (unpaired) electrons. The summed E-state index contributed by atoms with van der Waals surface area (Å²) in [6, 6.07) is 8.68. The molecule has 2 unspecified atom stereocenters. The summed E-state index contributed by atoms with van der Waals surface area (Å²) in [6.07, 6.45) is 3.76. The first kappa shape index (κ1) is 14.7. The van der Waals surface area contributed by atoms with Gasteiger partial charge >= 0.3 is 5.97 Å². The quantitative estimate of drug-likeness (QED) is 0.861. The first-order chi connectivity index (χ1) is 9.59. The van der Waals surface area contributed by atoms with Crippen molar-refractivity contribution in [3.05, 3.63) is 35.9 Å². The first-order valence-electron chi connectivity index (χ1n) is 7.14. The summed E-state index contributed by atoms with van der Waals surface area (Å²) in [7, 11) is 0. The van der Waals surface area contributed by atoms with E-state index in [9.17, 15) is 14.7 Å². The number of Topliss-reactive ketones (excluding diaryl/α,β-unsaturated/α-hetero) is 1. The maximum Gasteiger partial charge on any atom is 0.320 e. The van der Waals surface area contributed by atoms with Gasteiger partial charge in [-0.25, -0.2) is 0 Å². The van der Waals surface area contributed by atoms with Gasteiger partial charge in [0.25, 0.3) is 0 Å². The Bertz CT molecular complexity index is 472. The molecule has 0 bridgehead atoms. The van der Waals surface area contributed by atoms with E-state index in [2.05, 4.69) is 0 Å². The highest BCUT2D eigenvalue weighted by molar-refractivity contribution is 5.83. The van der Waals surface area contributed by atoms with E-state index in [0.717, 1.165) is 24.8 Å². The second-order valence-electron chi connectivity index (χ2n) is 5.54. The van der Waals surface area contributed by atoms with Gasteiger partial charge in [0.05, 0.1) is 0 Å². The molecule has 1 aromatic carbocycles. The third-order valence-electron chi connectivity index (χ3n) is 4.18. The molecule has 1 aliphatic carbocycles. The molecule has 20 heavy (non-hydrogen) atoms. The second kappa shape index (κ2) is 6.66. The van der Waals surface area contributed by atoms with Crippen molar-refractivity contribution in [2.45, 2.75) is 38.1 Å². The van der Waals surface area contributed by atoms with Crippen molar-refractivity contribution in [3.63, 3.8) is 0 Å². The van der Waals surface area contributed by atoms with E-state index in [1.54, 1.807) is 0 Å². The first-order valence-corrected chi connectivity index (χ1v) is 7.14. The van der Waals surface area contributed by atoms with Crippen LogP contribution in [0.1, 0.15) is 31.2 Å². The van der Waals surface area contributed by atoms with Gasteiger partial charge in [0.15, 0.2) is 0 Å². The van der Waals surface area contributed by atoms with Crippen LogP contribution in [0.4, 0.5) is 0 Å². The highest BCUT2D eigenvalue weighted by Crippen LogP contribution is 2.31. The Balaban J connectivity index is 2.20. The van der Waals surface area contributed by atoms with Gasteiger partial charge in [0.2, 0.25) is 0 Å². The molecule has 3 atom stereocenters. The summed E-state index contributed by atoms with van der Waals surface area (Å²) >= 11 is 0. The average Bonchev–Trinajstić information content (AvgIpc) is 2.46. The fourth-order valence-corrected chi connectivity index (χ4v) is 3.05. The third kappa shape index (κ3) is 3.45. The van der Waals surface area contributed by atoms with E-state index in [0.29, 0.717) is 12.8 Å². The highest BCUT2D eigenvalue weighted by Gasteiger charge is 2.36. The summed E-state index contributed by atoms with van der Waals surface area (Å²) in [5.41, 5.74) is 6.88. The molecule has 108 valence electrons. The molecular weight excluding hydrogens is 254 g/mol. The Morgan fingerprint density at radius 3 is 2.60 bits per heavy atom. The standard InChI is InChI=1S/C16H21NO3/c17-15(16(19)20)13(10-11-6-2-1-3-7-11)12-8-4-5-9-14(12)18/h1-3,6-7,12-13,15H,4-5,8-10,17H2,(H,19,20)/t12?,13?,15-/m0/s1. The lowest BCUT2D eigenvalue weighted by molar-refractivity contribution is -0.141. The SMILES string of the molecule is N[C@H](C(=O)O)C(Cc1ccccc1)C1CCCCC1=O. The molecule has 0 heterocycles. The van der Waals surface area contributed by atoms with Crippen LogP contribution in [0.3, 0.4) is 0 Å². The van der Waals surface area contributed by atoms with Crippen molar-refractivity contribution >= 4 is 11.8 Å². The Hall–Kier alpha value is -1.68. The van der Waals surface area contributed by atoms with Crippen LogP contribution in [0.15, 0.2) is 30.3 Å².